The van der Waals surface area contributed by atoms with Gasteiger partial charge in [-0.05, 0) is 310 Å². The number of aryl methyl sites for hydroxylation is 4. The molecule has 21 nitrogen and oxygen atoms in total. The molecule has 1 atom stereocenters. The van der Waals surface area contributed by atoms with Crippen molar-refractivity contribution in [2.24, 2.45) is 10.7 Å². The summed E-state index contributed by atoms with van der Waals surface area (Å²) in [6, 6.07) is 60.6. The van der Waals surface area contributed by atoms with Gasteiger partial charge in [0, 0.05) is 36.5 Å². The van der Waals surface area contributed by atoms with E-state index in [1.165, 1.54) is 85.6 Å². The Balaban J connectivity index is 0.000000168. The van der Waals surface area contributed by atoms with Crippen LogP contribution in [-0.2, 0) is 59.1 Å². The van der Waals surface area contributed by atoms with E-state index in [2.05, 4.69) is 95.0 Å². The number of alkyl halides is 12. The number of isocyanates is 1. The molecule has 5 amide bonds. The average molecular weight is 2030 g/mol. The van der Waals surface area contributed by atoms with E-state index < -0.39 is 104 Å². The molecule has 7 fully saturated rings. The zero-order valence-electron chi connectivity index (χ0n) is 72.8. The first kappa shape index (κ1) is 103. The maximum atomic E-state index is 14.0. The predicted molar refractivity (Wildman–Crippen MR) is 495 cm³/mol. The third-order valence-corrected chi connectivity index (χ3v) is 25.1. The molecule has 2 spiro atoms. The molecule has 7 N–H and O–H groups in total. The summed E-state index contributed by atoms with van der Waals surface area (Å²) in [6.45, 7) is 21.9. The molecule has 10 aromatic carbocycles. The van der Waals surface area contributed by atoms with Gasteiger partial charge in [0.05, 0.1) is 53.9 Å². The highest BCUT2D eigenvalue weighted by Crippen LogP contribution is 2.60. The molecule has 0 bridgehead atoms. The number of carboxylic acid groups (broad SMARTS) is 2. The lowest BCUT2D eigenvalue weighted by molar-refractivity contribution is -0.149. The number of urea groups is 2. The van der Waals surface area contributed by atoms with Gasteiger partial charge in [0.25, 0.3) is 5.91 Å². The van der Waals surface area contributed by atoms with Crippen LogP contribution in [0.3, 0.4) is 0 Å². The van der Waals surface area contributed by atoms with Gasteiger partial charge in [0.15, 0.2) is 17.1 Å². The van der Waals surface area contributed by atoms with Crippen molar-refractivity contribution in [3.05, 3.63) is 324 Å². The Morgan fingerprint density at radius 2 is 0.836 bits per heavy atom. The van der Waals surface area contributed by atoms with Crippen LogP contribution < -0.4 is 36.0 Å². The number of ether oxygens (including phenoxy) is 1. The molecular formula is C99H92BrF12IN10O11. The number of anilines is 6. The van der Waals surface area contributed by atoms with Crippen molar-refractivity contribution in [2.45, 2.75) is 182 Å². The molecule has 35 heteroatoms. The first-order chi connectivity index (χ1) is 63.1. The van der Waals surface area contributed by atoms with E-state index in [1.54, 1.807) is 72.8 Å². The molecule has 5 aliphatic carbocycles. The number of esters is 1. The van der Waals surface area contributed by atoms with Crippen molar-refractivity contribution in [1.29, 1.82) is 0 Å². The molecule has 0 radical (unpaired) electrons. The van der Waals surface area contributed by atoms with E-state index >= 15 is 0 Å². The SMILES string of the molecule is COC(=O)C1(Nc2ccc(C(F)(F)F)cc2)CCC1.Cc1ccc(I)cc1.Cc1ccc(N2C(=O)N(c3ccc(C(F)(F)F)cc3)C3(CCC3)C2=O)cc1.Cc1ccc(N=C=O)cc1.NC1(C(=O)O)CCC1.O=C(O)C1(Nc2ccc(C(F)(F)F)cc2)CCC1.[C-]#[N+]c1cccc(Br)c1.[C-]#[N+]c1cccc(C2(O)N(c3ccc(C)cc3)C(=O)N(c3ccc(C(F)(F)F)cc3)C23CCC3)c1. The number of hydrogen-bond acceptors (Lipinski definition) is 13. The number of rotatable bonds is 13. The molecule has 1 unspecified atom stereocenters. The molecular weight excluding hydrogens is 1940 g/mol. The normalized spacial score (nSPS) is 17.4. The molecule has 134 heavy (non-hydrogen) atoms. The van der Waals surface area contributed by atoms with Crippen LogP contribution in [0.4, 0.5) is 113 Å². The van der Waals surface area contributed by atoms with Gasteiger partial charge in [-0.15, -0.1) is 0 Å². The second-order valence-corrected chi connectivity index (χ2v) is 35.0. The number of nitrogens with two attached hydrogens (primary N) is 1. The van der Waals surface area contributed by atoms with Crippen molar-refractivity contribution in [1.82, 2.24) is 0 Å². The maximum absolute atomic E-state index is 14.0. The van der Waals surface area contributed by atoms with Gasteiger partial charge in [0.2, 0.25) is 6.08 Å². The van der Waals surface area contributed by atoms with Crippen LogP contribution >= 0.6 is 38.5 Å². The third-order valence-electron chi connectivity index (χ3n) is 23.8. The molecule has 17 rings (SSSR count). The molecule has 2 saturated heterocycles. The number of aliphatic hydroxyl groups is 1. The van der Waals surface area contributed by atoms with Crippen LogP contribution in [-0.4, -0.2) is 92.1 Å². The number of nitrogens with one attached hydrogen (secondary N) is 2. The van der Waals surface area contributed by atoms with Gasteiger partial charge in [-0.2, -0.15) is 57.7 Å². The maximum Gasteiger partial charge on any atom is 0.416 e. The third kappa shape index (κ3) is 24.0. The van der Waals surface area contributed by atoms with Crippen molar-refractivity contribution in [3.63, 3.8) is 0 Å². The van der Waals surface area contributed by atoms with E-state index in [1.807, 2.05) is 69.3 Å². The summed E-state index contributed by atoms with van der Waals surface area (Å²) in [5, 5.41) is 35.7. The van der Waals surface area contributed by atoms with Crippen molar-refractivity contribution >= 4 is 132 Å². The predicted octanol–water partition coefficient (Wildman–Crippen LogP) is 25.5. The van der Waals surface area contributed by atoms with E-state index in [-0.39, 0.29) is 17.6 Å². The summed E-state index contributed by atoms with van der Waals surface area (Å²) >= 11 is 5.56. The summed E-state index contributed by atoms with van der Waals surface area (Å²) in [4.78, 5) is 98.4. The molecule has 702 valence electrons. The van der Waals surface area contributed by atoms with Crippen molar-refractivity contribution < 1.29 is 106 Å². The highest BCUT2D eigenvalue weighted by Gasteiger charge is 2.71. The Morgan fingerprint density at radius 1 is 0.470 bits per heavy atom. The first-order valence-corrected chi connectivity index (χ1v) is 43.8. The summed E-state index contributed by atoms with van der Waals surface area (Å²) in [6.07, 6.45) is -6.62. The lowest BCUT2D eigenvalue weighted by Crippen LogP contribution is -2.63. The fourth-order valence-corrected chi connectivity index (χ4v) is 16.2. The van der Waals surface area contributed by atoms with Gasteiger partial charge in [-0.25, -0.2) is 38.6 Å². The molecule has 2 aliphatic heterocycles. The Kier molecular flexibility index (Phi) is 33.1. The van der Waals surface area contributed by atoms with Crippen molar-refractivity contribution in [3.8, 4) is 0 Å². The van der Waals surface area contributed by atoms with Crippen LogP contribution in [0.1, 0.15) is 146 Å². The van der Waals surface area contributed by atoms with Crippen LogP contribution in [0.25, 0.3) is 9.69 Å². The second-order valence-electron chi connectivity index (χ2n) is 32.9. The number of halogens is 14. The molecule has 7 aliphatic rings. The number of imide groups is 1. The summed E-state index contributed by atoms with van der Waals surface area (Å²) in [7, 11) is 1.30. The molecule has 5 saturated carbocycles. The first-order valence-electron chi connectivity index (χ1n) is 41.9. The highest BCUT2D eigenvalue weighted by atomic mass is 127. The standard InChI is InChI=1S/C27H22F3N3O2.C20H17F3N2O2.C13H14F3NO2.C12H12F3NO2.C8H7NO.C7H4BrN.C7H7I.C5H9NO2/c1-18-7-11-23(12-8-18)33-24(34)32(22-13-9-19(10-14-22)27(28,29)30)25(15-4-16-25)26(33,35)20-5-3-6-21(17-20)31-2;1-13-3-7-15(8-4-13)24-17(26)19(11-2-12-19)25(18(24)27)16-9-5-14(6-10-16)20(21,22)23;1-19-11(18)12(7-2-8-12)17-10-5-3-9(4-6-10)13(14,15)16;13-12(14,15)8-2-4-9(5-3-8)16-11(10(17)18)6-1-7-11;1-7-2-4-8(5-3-7)9-6-10;1-9-7-4-2-3-6(8)5-7;1-6-2-4-7(8)5-3-6;6-5(4(7)8)2-1-3-5/h3,5-14,17,35H,4,15-16H2,1H3;3-10H,2,11-12H2,1H3;3-6,17H,2,7-8H2,1H3;2-5,16H,1,6-7H2,(H,17,18);2-5H,1H3;2-5H;2-5H,1H3;1-3,6H2,(H,7,8). The largest absolute Gasteiger partial charge is 0.480 e. The number of nitrogens with zero attached hydrogens (tertiary/aromatic N) is 7. The van der Waals surface area contributed by atoms with E-state index in [0.717, 1.165) is 107 Å². The zero-order chi connectivity index (χ0) is 98.2. The Bertz CT molecular complexity index is 5920. The zero-order valence-corrected chi connectivity index (χ0v) is 76.6. The van der Waals surface area contributed by atoms with Crippen LogP contribution in [0, 0.1) is 44.4 Å². The van der Waals surface area contributed by atoms with Gasteiger partial charge < -0.3 is 36.4 Å². The Hall–Kier alpha value is -12.9. The van der Waals surface area contributed by atoms with Crippen LogP contribution in [0.15, 0.2) is 252 Å². The lowest BCUT2D eigenvalue weighted by Gasteiger charge is -2.52. The lowest BCUT2D eigenvalue weighted by atomic mass is 9.66. The quantitative estimate of drug-likeness (QED) is 0.0119. The van der Waals surface area contributed by atoms with Gasteiger partial charge >= 0.3 is 54.7 Å². The summed E-state index contributed by atoms with van der Waals surface area (Å²) in [5.74, 6) is -2.52. The number of hydrogen-bond donors (Lipinski definition) is 6. The Morgan fingerprint density at radius 3 is 1.16 bits per heavy atom. The number of aliphatic imine (C=N–C) groups is 1. The number of carboxylic acids is 2. The Labute approximate surface area is 787 Å². The van der Waals surface area contributed by atoms with Gasteiger partial charge in [-0.3, -0.25) is 24.3 Å². The van der Waals surface area contributed by atoms with E-state index in [9.17, 15) is 91.4 Å². The fraction of sp³-hybridized carbons (Fsp3) is 0.303. The minimum atomic E-state index is -4.50. The number of aliphatic carboxylic acids is 2. The topological polar surface area (TPSA) is 274 Å². The monoisotopic (exact) mass is 2030 g/mol. The average Bonchev–Trinajstić information content (AvgIpc) is 1.51. The molecule has 2 heterocycles. The number of carbonyl (C=O) groups excluding carboxylic acids is 5. The minimum Gasteiger partial charge on any atom is -0.480 e. The summed E-state index contributed by atoms with van der Waals surface area (Å²) < 4.78 is 159. The van der Waals surface area contributed by atoms with Crippen LogP contribution in [0.5, 0.6) is 0 Å². The van der Waals surface area contributed by atoms with Crippen molar-refractivity contribution in [2.75, 3.05) is 37.3 Å². The molecule has 0 aromatic heterocycles. The number of amides is 5. The van der Waals surface area contributed by atoms with E-state index in [4.69, 9.17) is 33.8 Å². The number of carbonyl (C=O) groups is 6. The number of methoxy groups -OCH3 is 1. The fourth-order valence-electron chi connectivity index (χ4n) is 15.5. The van der Waals surface area contributed by atoms with Gasteiger partial charge in [0.1, 0.15) is 27.7 Å². The number of benzene rings is 10. The second kappa shape index (κ2) is 43.0. The van der Waals surface area contributed by atoms with Crippen LogP contribution in [0.2, 0.25) is 0 Å². The summed E-state index contributed by atoms with van der Waals surface area (Å²) in [5.41, 5.74) is 4.52. The van der Waals surface area contributed by atoms with Gasteiger partial charge in [-0.1, -0.05) is 123 Å². The molecule has 10 aromatic rings. The highest BCUT2D eigenvalue weighted by molar-refractivity contribution is 14.1. The minimum absolute atomic E-state index is 0.275. The van der Waals surface area contributed by atoms with E-state index in [0.29, 0.717) is 115 Å². The smallest absolute Gasteiger partial charge is 0.416 e.